The third-order valence-corrected chi connectivity index (χ3v) is 4.18. The molecule has 0 aliphatic carbocycles. The van der Waals surface area contributed by atoms with Crippen LogP contribution in [0.2, 0.25) is 0 Å². The molecule has 7 heteroatoms. The number of aryl methyl sites for hydroxylation is 1. The number of ether oxygens (including phenoxy) is 1. The van der Waals surface area contributed by atoms with Crippen LogP contribution in [0, 0.1) is 18.6 Å². The van der Waals surface area contributed by atoms with Gasteiger partial charge in [0.2, 0.25) is 0 Å². The molecule has 0 saturated heterocycles. The molecule has 0 saturated carbocycles. The molecule has 112 valence electrons. The molecule has 2 aromatic rings. The smallest absolute Gasteiger partial charge is 0.261 e. The van der Waals surface area contributed by atoms with Crippen LogP contribution in [0.1, 0.15) is 11.1 Å². The van der Waals surface area contributed by atoms with Crippen LogP contribution >= 0.6 is 10.7 Å². The molecular weight excluding hydrogens is 322 g/mol. The summed E-state index contributed by atoms with van der Waals surface area (Å²) < 4.78 is 54.0. The number of hydrogen-bond donors (Lipinski definition) is 0. The van der Waals surface area contributed by atoms with Gasteiger partial charge >= 0.3 is 0 Å². The molecule has 0 atom stereocenters. The molecule has 0 fully saturated rings. The summed E-state index contributed by atoms with van der Waals surface area (Å²) in [5.41, 5.74) is 0.740. The fourth-order valence-corrected chi connectivity index (χ4v) is 2.57. The number of benzene rings is 2. The van der Waals surface area contributed by atoms with Crippen molar-refractivity contribution in [3.8, 4) is 5.75 Å². The highest BCUT2D eigenvalue weighted by Gasteiger charge is 2.12. The second-order valence-electron chi connectivity index (χ2n) is 4.39. The molecule has 0 heterocycles. The van der Waals surface area contributed by atoms with Gasteiger partial charge in [-0.1, -0.05) is 0 Å². The SMILES string of the molecule is Cc1cc(S(=O)(=O)Cl)ccc1OCc1ccc(F)cc1F. The molecule has 0 aliphatic rings. The van der Waals surface area contributed by atoms with Gasteiger partial charge in [0.05, 0.1) is 4.90 Å². The average Bonchev–Trinajstić information content (AvgIpc) is 2.38. The van der Waals surface area contributed by atoms with E-state index in [1.165, 1.54) is 24.3 Å². The zero-order chi connectivity index (χ0) is 15.6. The largest absolute Gasteiger partial charge is 0.489 e. The third kappa shape index (κ3) is 3.92. The zero-order valence-corrected chi connectivity index (χ0v) is 12.5. The molecule has 0 bridgehead atoms. The van der Waals surface area contributed by atoms with E-state index < -0.39 is 20.7 Å². The molecule has 0 aromatic heterocycles. The highest BCUT2D eigenvalue weighted by molar-refractivity contribution is 8.13. The van der Waals surface area contributed by atoms with Gasteiger partial charge in [0.15, 0.2) is 0 Å². The summed E-state index contributed by atoms with van der Waals surface area (Å²) >= 11 is 0. The van der Waals surface area contributed by atoms with Crippen molar-refractivity contribution >= 4 is 19.7 Å². The molecule has 0 aliphatic heterocycles. The molecule has 0 amide bonds. The van der Waals surface area contributed by atoms with E-state index in [4.69, 9.17) is 15.4 Å². The zero-order valence-electron chi connectivity index (χ0n) is 10.9. The first-order valence-electron chi connectivity index (χ1n) is 5.89. The molecule has 3 nitrogen and oxygen atoms in total. The van der Waals surface area contributed by atoms with Crippen molar-refractivity contribution in [1.82, 2.24) is 0 Å². The van der Waals surface area contributed by atoms with E-state index in [0.717, 1.165) is 12.1 Å². The Morgan fingerprint density at radius 2 is 1.86 bits per heavy atom. The topological polar surface area (TPSA) is 43.4 Å². The van der Waals surface area contributed by atoms with Gasteiger partial charge in [0.25, 0.3) is 9.05 Å². The lowest BCUT2D eigenvalue weighted by molar-refractivity contribution is 0.297. The Hall–Kier alpha value is -1.66. The Kier molecular flexibility index (Phi) is 4.49. The molecule has 2 rings (SSSR count). The fourth-order valence-electron chi connectivity index (χ4n) is 1.73. The lowest BCUT2D eigenvalue weighted by Crippen LogP contribution is -2.01. The van der Waals surface area contributed by atoms with E-state index >= 15 is 0 Å². The lowest BCUT2D eigenvalue weighted by Gasteiger charge is -2.10. The summed E-state index contributed by atoms with van der Waals surface area (Å²) in [5.74, 6) is -0.973. The van der Waals surface area contributed by atoms with E-state index in [1.54, 1.807) is 6.92 Å². The van der Waals surface area contributed by atoms with Crippen LogP contribution in [0.3, 0.4) is 0 Å². The summed E-state index contributed by atoms with van der Waals surface area (Å²) in [7, 11) is 1.43. The maximum atomic E-state index is 13.5. The van der Waals surface area contributed by atoms with Crippen LogP contribution in [0.25, 0.3) is 0 Å². The van der Waals surface area contributed by atoms with Gasteiger partial charge in [0.1, 0.15) is 24.0 Å². The van der Waals surface area contributed by atoms with Crippen LogP contribution in [0.5, 0.6) is 5.75 Å². The Bertz CT molecular complexity index is 776. The first kappa shape index (κ1) is 15.7. The molecule has 0 unspecified atom stereocenters. The van der Waals surface area contributed by atoms with Crippen molar-refractivity contribution in [3.63, 3.8) is 0 Å². The highest BCUT2D eigenvalue weighted by Crippen LogP contribution is 2.25. The summed E-state index contributed by atoms with van der Waals surface area (Å²) in [4.78, 5) is -0.0398. The molecular formula is C14H11ClF2O3S. The van der Waals surface area contributed by atoms with Crippen molar-refractivity contribution in [2.24, 2.45) is 0 Å². The van der Waals surface area contributed by atoms with Crippen LogP contribution in [-0.4, -0.2) is 8.42 Å². The summed E-state index contributed by atoms with van der Waals surface area (Å²) in [6, 6.07) is 7.29. The number of hydrogen-bond acceptors (Lipinski definition) is 3. The highest BCUT2D eigenvalue weighted by atomic mass is 35.7. The minimum absolute atomic E-state index is 0.0398. The van der Waals surface area contributed by atoms with E-state index in [1.807, 2.05) is 0 Å². The monoisotopic (exact) mass is 332 g/mol. The Morgan fingerprint density at radius 3 is 2.43 bits per heavy atom. The lowest BCUT2D eigenvalue weighted by atomic mass is 10.2. The molecule has 21 heavy (non-hydrogen) atoms. The molecule has 0 N–H and O–H groups in total. The van der Waals surface area contributed by atoms with Gasteiger partial charge in [-0.05, 0) is 42.8 Å². The van der Waals surface area contributed by atoms with Gasteiger partial charge in [0, 0.05) is 22.3 Å². The molecule has 0 spiro atoms. The van der Waals surface area contributed by atoms with Gasteiger partial charge < -0.3 is 4.74 Å². The third-order valence-electron chi connectivity index (χ3n) is 2.83. The van der Waals surface area contributed by atoms with Crippen molar-refractivity contribution in [2.45, 2.75) is 18.4 Å². The maximum absolute atomic E-state index is 13.5. The first-order valence-corrected chi connectivity index (χ1v) is 8.20. The van der Waals surface area contributed by atoms with E-state index in [2.05, 4.69) is 0 Å². The quantitative estimate of drug-likeness (QED) is 0.800. The number of halogens is 3. The second-order valence-corrected chi connectivity index (χ2v) is 6.96. The normalized spacial score (nSPS) is 11.4. The minimum Gasteiger partial charge on any atom is -0.489 e. The van der Waals surface area contributed by atoms with Crippen molar-refractivity contribution < 1.29 is 21.9 Å². The average molecular weight is 333 g/mol. The Morgan fingerprint density at radius 1 is 1.14 bits per heavy atom. The fraction of sp³-hybridized carbons (Fsp3) is 0.143. The predicted octanol–water partition coefficient (Wildman–Crippen LogP) is 3.78. The van der Waals surface area contributed by atoms with Crippen molar-refractivity contribution in [1.29, 1.82) is 0 Å². The second kappa shape index (κ2) is 5.99. The summed E-state index contributed by atoms with van der Waals surface area (Å²) in [5, 5.41) is 0. The van der Waals surface area contributed by atoms with Gasteiger partial charge in [-0.15, -0.1) is 0 Å². The van der Waals surface area contributed by atoms with Crippen LogP contribution in [-0.2, 0) is 15.7 Å². The molecule has 0 radical (unpaired) electrons. The molecule has 2 aromatic carbocycles. The van der Waals surface area contributed by atoms with Gasteiger partial charge in [-0.3, -0.25) is 0 Å². The minimum atomic E-state index is -3.81. The van der Waals surface area contributed by atoms with Crippen LogP contribution in [0.15, 0.2) is 41.3 Å². The predicted molar refractivity (Wildman–Crippen MR) is 74.9 cm³/mol. The summed E-state index contributed by atoms with van der Waals surface area (Å²) in [6.07, 6.45) is 0. The standard InChI is InChI=1S/C14H11ClF2O3S/c1-9-6-12(21(15,18)19)4-5-14(9)20-8-10-2-3-11(16)7-13(10)17/h2-7H,8H2,1H3. The Balaban J connectivity index is 2.17. The van der Waals surface area contributed by atoms with Crippen molar-refractivity contribution in [3.05, 3.63) is 59.2 Å². The first-order chi connectivity index (χ1) is 9.77. The van der Waals surface area contributed by atoms with Crippen LogP contribution < -0.4 is 4.74 Å². The van der Waals surface area contributed by atoms with E-state index in [-0.39, 0.29) is 17.1 Å². The van der Waals surface area contributed by atoms with Crippen molar-refractivity contribution in [2.75, 3.05) is 0 Å². The van der Waals surface area contributed by atoms with Crippen LogP contribution in [0.4, 0.5) is 8.78 Å². The maximum Gasteiger partial charge on any atom is 0.261 e. The van der Waals surface area contributed by atoms with Gasteiger partial charge in [-0.2, -0.15) is 0 Å². The van der Waals surface area contributed by atoms with Gasteiger partial charge in [-0.25, -0.2) is 17.2 Å². The van der Waals surface area contributed by atoms with E-state index in [9.17, 15) is 17.2 Å². The number of rotatable bonds is 4. The Labute approximate surface area is 125 Å². The van der Waals surface area contributed by atoms with E-state index in [0.29, 0.717) is 11.3 Å². The summed E-state index contributed by atoms with van der Waals surface area (Å²) in [6.45, 7) is 1.54.